The van der Waals surface area contributed by atoms with E-state index in [1.165, 1.54) is 0 Å². The molecular weight excluding hydrogens is 428 g/mol. The van der Waals surface area contributed by atoms with E-state index in [-0.39, 0.29) is 5.91 Å². The second-order valence-electron chi connectivity index (χ2n) is 6.69. The van der Waals surface area contributed by atoms with Gasteiger partial charge >= 0.3 is 0 Å². The Hall–Kier alpha value is -3.28. The van der Waals surface area contributed by atoms with Gasteiger partial charge < -0.3 is 4.74 Å². The van der Waals surface area contributed by atoms with Gasteiger partial charge in [-0.15, -0.1) is 0 Å². The van der Waals surface area contributed by atoms with Crippen LogP contribution in [0.5, 0.6) is 5.75 Å². The van der Waals surface area contributed by atoms with Crippen molar-refractivity contribution in [3.8, 4) is 5.75 Å². The lowest BCUT2D eigenvalue weighted by molar-refractivity contribution is 0.0952. The summed E-state index contributed by atoms with van der Waals surface area (Å²) in [7, 11) is 1.55. The number of fused-ring (bicyclic) bond motifs is 1. The number of nitrogens with one attached hydrogen (secondary N) is 1. The molecule has 0 radical (unpaired) electrons. The van der Waals surface area contributed by atoms with Crippen LogP contribution in [0.15, 0.2) is 99.8 Å². The van der Waals surface area contributed by atoms with Crippen molar-refractivity contribution in [2.24, 2.45) is 5.10 Å². The third kappa shape index (κ3) is 5.08. The van der Waals surface area contributed by atoms with Crippen molar-refractivity contribution in [3.05, 3.63) is 101 Å². The van der Waals surface area contributed by atoms with Crippen molar-refractivity contribution in [2.45, 2.75) is 9.79 Å². The summed E-state index contributed by atoms with van der Waals surface area (Å²) < 4.78 is 5.41. The average molecular weight is 447 g/mol. The van der Waals surface area contributed by atoms with Crippen LogP contribution >= 0.6 is 23.4 Å². The molecule has 0 aliphatic rings. The molecule has 1 N–H and O–H groups in total. The Morgan fingerprint density at radius 3 is 2.39 bits per heavy atom. The quantitative estimate of drug-likeness (QED) is 0.275. The van der Waals surface area contributed by atoms with Gasteiger partial charge in [-0.3, -0.25) is 4.79 Å². The SMILES string of the molecule is COc1cc2ccccc2cc1C(=O)N/N=C/c1ccccc1Sc1ccc(Cl)cc1. The van der Waals surface area contributed by atoms with Gasteiger partial charge in [0.2, 0.25) is 0 Å². The first-order valence-corrected chi connectivity index (χ1v) is 10.8. The van der Waals surface area contributed by atoms with Crippen molar-refractivity contribution in [1.29, 1.82) is 0 Å². The first-order chi connectivity index (χ1) is 15.1. The molecule has 0 aliphatic carbocycles. The number of nitrogens with zero attached hydrogens (tertiary/aromatic N) is 1. The highest BCUT2D eigenvalue weighted by Gasteiger charge is 2.13. The summed E-state index contributed by atoms with van der Waals surface area (Å²) in [6.07, 6.45) is 1.64. The molecule has 154 valence electrons. The Morgan fingerprint density at radius 1 is 0.968 bits per heavy atom. The summed E-state index contributed by atoms with van der Waals surface area (Å²) in [6, 6.07) is 27.0. The zero-order valence-electron chi connectivity index (χ0n) is 16.7. The second-order valence-corrected chi connectivity index (χ2v) is 8.24. The predicted octanol–water partition coefficient (Wildman–Crippen LogP) is 6.42. The number of halogens is 1. The minimum absolute atomic E-state index is 0.332. The van der Waals surface area contributed by atoms with Crippen LogP contribution in [-0.2, 0) is 0 Å². The second kappa shape index (κ2) is 9.69. The highest BCUT2D eigenvalue weighted by Crippen LogP contribution is 2.30. The summed E-state index contributed by atoms with van der Waals surface area (Å²) in [5.74, 6) is 0.173. The Bertz CT molecular complexity index is 1260. The molecule has 6 heteroatoms. The van der Waals surface area contributed by atoms with Crippen molar-refractivity contribution in [1.82, 2.24) is 5.43 Å². The van der Waals surface area contributed by atoms with Crippen LogP contribution in [-0.4, -0.2) is 19.2 Å². The molecule has 0 saturated carbocycles. The van der Waals surface area contributed by atoms with Gasteiger partial charge in [0, 0.05) is 20.4 Å². The van der Waals surface area contributed by atoms with Gasteiger partial charge in [0.15, 0.2) is 0 Å². The molecule has 0 spiro atoms. The van der Waals surface area contributed by atoms with Crippen molar-refractivity contribution in [2.75, 3.05) is 7.11 Å². The minimum atomic E-state index is -0.332. The smallest absolute Gasteiger partial charge is 0.275 e. The van der Waals surface area contributed by atoms with Crippen LogP contribution < -0.4 is 10.2 Å². The lowest BCUT2D eigenvalue weighted by Gasteiger charge is -2.09. The Morgan fingerprint density at radius 2 is 1.65 bits per heavy atom. The normalized spacial score (nSPS) is 11.0. The topological polar surface area (TPSA) is 50.7 Å². The molecule has 4 rings (SSSR count). The van der Waals surface area contributed by atoms with E-state index in [0.717, 1.165) is 26.1 Å². The molecular formula is C25H19ClN2O2S. The molecule has 0 unspecified atom stereocenters. The largest absolute Gasteiger partial charge is 0.496 e. The van der Waals surface area contributed by atoms with Gasteiger partial charge in [-0.2, -0.15) is 5.10 Å². The Balaban J connectivity index is 1.52. The van der Waals surface area contributed by atoms with Gasteiger partial charge in [-0.05, 0) is 53.2 Å². The number of methoxy groups -OCH3 is 1. The van der Waals surface area contributed by atoms with E-state index < -0.39 is 0 Å². The monoisotopic (exact) mass is 446 g/mol. The summed E-state index contributed by atoms with van der Waals surface area (Å²) >= 11 is 7.57. The van der Waals surface area contributed by atoms with Gasteiger partial charge in [-0.25, -0.2) is 5.43 Å². The number of hydrogen-bond acceptors (Lipinski definition) is 4. The zero-order valence-corrected chi connectivity index (χ0v) is 18.3. The molecule has 0 fully saturated rings. The van der Waals surface area contributed by atoms with Crippen LogP contribution in [0.1, 0.15) is 15.9 Å². The zero-order chi connectivity index (χ0) is 21.6. The number of rotatable bonds is 6. The molecule has 4 aromatic rings. The van der Waals surface area contributed by atoms with E-state index in [9.17, 15) is 4.79 Å². The molecule has 4 nitrogen and oxygen atoms in total. The fourth-order valence-electron chi connectivity index (χ4n) is 3.10. The molecule has 0 aromatic heterocycles. The standard InChI is InChI=1S/C25H19ClN2O2S/c1-30-23-15-18-7-3-2-6-17(18)14-22(23)25(29)28-27-16-19-8-4-5-9-24(19)31-21-12-10-20(26)11-13-21/h2-16H,1H3,(H,28,29)/b27-16+. The number of carbonyl (C=O) groups excluding carboxylic acids is 1. The third-order valence-electron chi connectivity index (χ3n) is 4.64. The Labute approximate surface area is 189 Å². The fourth-order valence-corrected chi connectivity index (χ4v) is 4.13. The highest BCUT2D eigenvalue weighted by molar-refractivity contribution is 7.99. The van der Waals surface area contributed by atoms with E-state index in [1.54, 1.807) is 25.1 Å². The number of hydrazone groups is 1. The van der Waals surface area contributed by atoms with E-state index in [4.69, 9.17) is 16.3 Å². The lowest BCUT2D eigenvalue weighted by atomic mass is 10.1. The number of ether oxygens (including phenoxy) is 1. The molecule has 31 heavy (non-hydrogen) atoms. The molecule has 0 saturated heterocycles. The number of hydrogen-bond donors (Lipinski definition) is 1. The highest BCUT2D eigenvalue weighted by atomic mass is 35.5. The average Bonchev–Trinajstić information content (AvgIpc) is 2.80. The van der Waals surface area contributed by atoms with Gasteiger partial charge in [0.1, 0.15) is 5.75 Å². The number of amides is 1. The molecule has 0 bridgehead atoms. The first kappa shape index (κ1) is 21.0. The lowest BCUT2D eigenvalue weighted by Crippen LogP contribution is -2.18. The van der Waals surface area contributed by atoms with Gasteiger partial charge in [-0.1, -0.05) is 65.8 Å². The maximum atomic E-state index is 12.7. The number of carbonyl (C=O) groups is 1. The molecule has 0 heterocycles. The van der Waals surface area contributed by atoms with Gasteiger partial charge in [0.05, 0.1) is 18.9 Å². The third-order valence-corrected chi connectivity index (χ3v) is 5.99. The predicted molar refractivity (Wildman–Crippen MR) is 128 cm³/mol. The summed E-state index contributed by atoms with van der Waals surface area (Å²) in [5, 5.41) is 6.84. The first-order valence-electron chi connectivity index (χ1n) is 9.56. The number of benzene rings is 4. The van der Waals surface area contributed by atoms with E-state index in [1.807, 2.05) is 84.9 Å². The summed E-state index contributed by atoms with van der Waals surface area (Å²) in [6.45, 7) is 0. The van der Waals surface area contributed by atoms with Crippen LogP contribution in [0.2, 0.25) is 5.02 Å². The van der Waals surface area contributed by atoms with Crippen molar-refractivity contribution >= 4 is 46.3 Å². The Kier molecular flexibility index (Phi) is 6.55. The minimum Gasteiger partial charge on any atom is -0.496 e. The van der Waals surface area contributed by atoms with Crippen LogP contribution in [0.3, 0.4) is 0 Å². The maximum absolute atomic E-state index is 12.7. The van der Waals surface area contributed by atoms with Crippen molar-refractivity contribution in [3.63, 3.8) is 0 Å². The molecule has 1 amide bonds. The summed E-state index contributed by atoms with van der Waals surface area (Å²) in [4.78, 5) is 14.8. The van der Waals surface area contributed by atoms with E-state index in [0.29, 0.717) is 16.3 Å². The van der Waals surface area contributed by atoms with Gasteiger partial charge in [0.25, 0.3) is 5.91 Å². The molecule has 0 aliphatic heterocycles. The maximum Gasteiger partial charge on any atom is 0.275 e. The van der Waals surface area contributed by atoms with E-state index in [2.05, 4.69) is 10.5 Å². The molecule has 0 atom stereocenters. The van der Waals surface area contributed by atoms with Crippen LogP contribution in [0.25, 0.3) is 10.8 Å². The fraction of sp³-hybridized carbons (Fsp3) is 0.0400. The van der Waals surface area contributed by atoms with Crippen molar-refractivity contribution < 1.29 is 9.53 Å². The molecule has 4 aromatic carbocycles. The van der Waals surface area contributed by atoms with Crippen LogP contribution in [0, 0.1) is 0 Å². The van der Waals surface area contributed by atoms with E-state index >= 15 is 0 Å². The summed E-state index contributed by atoms with van der Waals surface area (Å²) in [5.41, 5.74) is 3.94. The van der Waals surface area contributed by atoms with Crippen LogP contribution in [0.4, 0.5) is 0 Å².